The first-order valence-electron chi connectivity index (χ1n) is 6.35. The molecule has 3 nitrogen and oxygen atoms in total. The molecule has 0 bridgehead atoms. The van der Waals surface area contributed by atoms with Crippen molar-refractivity contribution in [3.63, 3.8) is 0 Å². The average Bonchev–Trinajstić information content (AvgIpc) is 2.92. The molecule has 1 aliphatic rings. The normalized spacial score (nSPS) is 18.6. The van der Waals surface area contributed by atoms with Crippen LogP contribution in [-0.4, -0.2) is 16.5 Å². The summed E-state index contributed by atoms with van der Waals surface area (Å²) in [5, 5.41) is 0.651. The molecule has 1 atom stereocenters. The minimum Gasteiger partial charge on any atom is -0.347 e. The minimum absolute atomic E-state index is 0.0175. The highest BCUT2D eigenvalue weighted by Gasteiger charge is 2.30. The van der Waals surface area contributed by atoms with Gasteiger partial charge in [0.15, 0.2) is 5.82 Å². The fraction of sp³-hybridized carbons (Fsp3) is 0.286. The van der Waals surface area contributed by atoms with Crippen molar-refractivity contribution in [3.05, 3.63) is 52.9 Å². The van der Waals surface area contributed by atoms with E-state index < -0.39 is 11.8 Å². The van der Waals surface area contributed by atoms with Crippen LogP contribution < -0.4 is 4.90 Å². The van der Waals surface area contributed by atoms with Crippen LogP contribution in [0.5, 0.6) is 0 Å². The Bertz CT molecular complexity index is 618. The van der Waals surface area contributed by atoms with Crippen LogP contribution >= 0.6 is 11.6 Å². The van der Waals surface area contributed by atoms with Crippen LogP contribution in [0.3, 0.4) is 0 Å². The van der Waals surface area contributed by atoms with Crippen molar-refractivity contribution >= 4 is 17.4 Å². The third kappa shape index (κ3) is 2.33. The van der Waals surface area contributed by atoms with Gasteiger partial charge in [0, 0.05) is 11.6 Å². The maximum atomic E-state index is 13.8. The summed E-state index contributed by atoms with van der Waals surface area (Å²) in [6.45, 7) is 0.640. The number of halogens is 3. The van der Waals surface area contributed by atoms with Crippen molar-refractivity contribution in [2.45, 2.75) is 18.9 Å². The first-order valence-corrected chi connectivity index (χ1v) is 6.72. The average molecular weight is 296 g/mol. The maximum Gasteiger partial charge on any atom is 0.254 e. The van der Waals surface area contributed by atoms with Gasteiger partial charge in [0.25, 0.3) is 5.95 Å². The molecule has 1 aromatic carbocycles. The molecule has 1 fully saturated rings. The molecule has 1 unspecified atom stereocenters. The van der Waals surface area contributed by atoms with Gasteiger partial charge in [-0.3, -0.25) is 0 Å². The van der Waals surface area contributed by atoms with Gasteiger partial charge in [-0.25, -0.2) is 9.97 Å². The summed E-state index contributed by atoms with van der Waals surface area (Å²) in [7, 11) is 0. The Balaban J connectivity index is 1.96. The van der Waals surface area contributed by atoms with Crippen LogP contribution in [-0.2, 0) is 0 Å². The second-order valence-corrected chi connectivity index (χ2v) is 5.14. The van der Waals surface area contributed by atoms with E-state index in [0.717, 1.165) is 24.7 Å². The van der Waals surface area contributed by atoms with E-state index in [-0.39, 0.29) is 11.9 Å². The molecule has 20 heavy (non-hydrogen) atoms. The SMILES string of the molecule is Fc1ncnc(N2CCCC2c2ccc(Cl)cc2)c1F. The van der Waals surface area contributed by atoms with E-state index in [1.165, 1.54) is 0 Å². The monoisotopic (exact) mass is 295 g/mol. The standard InChI is InChI=1S/C14H12ClF2N3/c15-10-5-3-9(4-6-10)11-2-1-7-20(11)14-12(16)13(17)18-8-19-14/h3-6,8,11H,1-2,7H2. The molecule has 0 radical (unpaired) electrons. The second-order valence-electron chi connectivity index (χ2n) is 4.71. The van der Waals surface area contributed by atoms with Crippen molar-refractivity contribution in [2.75, 3.05) is 11.4 Å². The molecule has 104 valence electrons. The van der Waals surface area contributed by atoms with Crippen LogP contribution in [0, 0.1) is 11.8 Å². The Kier molecular flexibility index (Phi) is 3.53. The fourth-order valence-electron chi connectivity index (χ4n) is 2.59. The Labute approximate surface area is 120 Å². The van der Waals surface area contributed by atoms with Crippen LogP contribution in [0.25, 0.3) is 0 Å². The first-order chi connectivity index (χ1) is 9.66. The van der Waals surface area contributed by atoms with E-state index >= 15 is 0 Å². The predicted octanol–water partition coefficient (Wildman–Crippen LogP) is 3.75. The molecular formula is C14H12ClF2N3. The Hall–Kier alpha value is -1.75. The predicted molar refractivity (Wildman–Crippen MR) is 72.7 cm³/mol. The molecule has 6 heteroatoms. The topological polar surface area (TPSA) is 29.0 Å². The lowest BCUT2D eigenvalue weighted by molar-refractivity contribution is 0.469. The molecule has 0 aliphatic carbocycles. The Morgan fingerprint density at radius 2 is 1.90 bits per heavy atom. The zero-order valence-corrected chi connectivity index (χ0v) is 11.3. The zero-order valence-electron chi connectivity index (χ0n) is 10.6. The van der Waals surface area contributed by atoms with Gasteiger partial charge in [0.1, 0.15) is 6.33 Å². The highest BCUT2D eigenvalue weighted by atomic mass is 35.5. The summed E-state index contributed by atoms with van der Waals surface area (Å²) in [5.74, 6) is -2.08. The van der Waals surface area contributed by atoms with Gasteiger partial charge in [0.05, 0.1) is 6.04 Å². The summed E-state index contributed by atoms with van der Waals surface area (Å²) in [6.07, 6.45) is 2.82. The van der Waals surface area contributed by atoms with Crippen molar-refractivity contribution in [1.29, 1.82) is 0 Å². The largest absolute Gasteiger partial charge is 0.347 e. The van der Waals surface area contributed by atoms with Crippen LogP contribution in [0.4, 0.5) is 14.6 Å². The quantitative estimate of drug-likeness (QED) is 0.790. The molecule has 0 spiro atoms. The number of nitrogens with zero attached hydrogens (tertiary/aromatic N) is 3. The summed E-state index contributed by atoms with van der Waals surface area (Å²) in [5.41, 5.74) is 1.02. The summed E-state index contributed by atoms with van der Waals surface area (Å²) in [4.78, 5) is 8.89. The van der Waals surface area contributed by atoms with E-state index in [4.69, 9.17) is 11.6 Å². The van der Waals surface area contributed by atoms with Crippen molar-refractivity contribution in [1.82, 2.24) is 9.97 Å². The van der Waals surface area contributed by atoms with E-state index in [1.54, 1.807) is 17.0 Å². The fourth-order valence-corrected chi connectivity index (χ4v) is 2.72. The third-order valence-electron chi connectivity index (χ3n) is 3.51. The molecule has 1 aliphatic heterocycles. The van der Waals surface area contributed by atoms with Crippen molar-refractivity contribution in [3.8, 4) is 0 Å². The van der Waals surface area contributed by atoms with Gasteiger partial charge in [-0.05, 0) is 30.5 Å². The molecule has 0 saturated carbocycles. The number of hydrogen-bond donors (Lipinski definition) is 0. The number of rotatable bonds is 2. The first kappa shape index (κ1) is 13.2. The molecule has 0 N–H and O–H groups in total. The van der Waals surface area contributed by atoms with Crippen molar-refractivity contribution in [2.24, 2.45) is 0 Å². The number of benzene rings is 1. The van der Waals surface area contributed by atoms with Crippen molar-refractivity contribution < 1.29 is 8.78 Å². The molecule has 2 heterocycles. The van der Waals surface area contributed by atoms with E-state index in [0.29, 0.717) is 11.6 Å². The van der Waals surface area contributed by atoms with E-state index in [9.17, 15) is 8.78 Å². The number of anilines is 1. The van der Waals surface area contributed by atoms with Crippen LogP contribution in [0.15, 0.2) is 30.6 Å². The number of aromatic nitrogens is 2. The smallest absolute Gasteiger partial charge is 0.254 e. The Morgan fingerprint density at radius 3 is 2.65 bits per heavy atom. The molecule has 3 rings (SSSR count). The molecular weight excluding hydrogens is 284 g/mol. The lowest BCUT2D eigenvalue weighted by atomic mass is 10.0. The van der Waals surface area contributed by atoms with E-state index in [1.807, 2.05) is 12.1 Å². The van der Waals surface area contributed by atoms with Gasteiger partial charge in [-0.15, -0.1) is 0 Å². The highest BCUT2D eigenvalue weighted by molar-refractivity contribution is 6.30. The zero-order chi connectivity index (χ0) is 14.1. The Morgan fingerprint density at radius 1 is 1.15 bits per heavy atom. The molecule has 1 saturated heterocycles. The summed E-state index contributed by atoms with van der Waals surface area (Å²) < 4.78 is 27.1. The van der Waals surface area contributed by atoms with Gasteiger partial charge in [-0.1, -0.05) is 23.7 Å². The third-order valence-corrected chi connectivity index (χ3v) is 3.76. The lowest BCUT2D eigenvalue weighted by Gasteiger charge is -2.26. The van der Waals surface area contributed by atoms with E-state index in [2.05, 4.69) is 9.97 Å². The second kappa shape index (κ2) is 5.32. The van der Waals surface area contributed by atoms with Crippen LogP contribution in [0.2, 0.25) is 5.02 Å². The molecule has 0 amide bonds. The summed E-state index contributed by atoms with van der Waals surface area (Å²) >= 11 is 5.87. The van der Waals surface area contributed by atoms with Gasteiger partial charge < -0.3 is 4.90 Å². The van der Waals surface area contributed by atoms with Gasteiger partial charge in [0.2, 0.25) is 5.82 Å². The minimum atomic E-state index is -1.11. The van der Waals surface area contributed by atoms with Crippen LogP contribution in [0.1, 0.15) is 24.4 Å². The number of hydrogen-bond acceptors (Lipinski definition) is 3. The molecule has 2 aromatic rings. The van der Waals surface area contributed by atoms with Gasteiger partial charge >= 0.3 is 0 Å². The lowest BCUT2D eigenvalue weighted by Crippen LogP contribution is -2.25. The van der Waals surface area contributed by atoms with Gasteiger partial charge in [-0.2, -0.15) is 8.78 Å². The molecule has 1 aromatic heterocycles. The maximum absolute atomic E-state index is 13.8. The summed E-state index contributed by atoms with van der Waals surface area (Å²) in [6, 6.07) is 7.38. The highest BCUT2D eigenvalue weighted by Crippen LogP contribution is 2.36.